The molecule has 0 atom stereocenters. The molecule has 0 radical (unpaired) electrons. The standard InChI is InChI=1S/C16H23N3O/c1-12-10-13(2)19-16(15(12)11-17)18-8-9-20-14-6-4-3-5-7-14/h10,14H,3-9H2,1-2H3,(H,18,19). The molecule has 0 aliphatic heterocycles. The average molecular weight is 273 g/mol. The Morgan fingerprint density at radius 3 is 2.80 bits per heavy atom. The maximum Gasteiger partial charge on any atom is 0.144 e. The number of pyridine rings is 1. The number of hydrogen-bond acceptors (Lipinski definition) is 4. The molecule has 4 nitrogen and oxygen atoms in total. The van der Waals surface area contributed by atoms with Crippen LogP contribution in [-0.2, 0) is 4.74 Å². The number of nitrogens with zero attached hydrogens (tertiary/aromatic N) is 2. The van der Waals surface area contributed by atoms with E-state index in [4.69, 9.17) is 4.74 Å². The van der Waals surface area contributed by atoms with Gasteiger partial charge in [-0.05, 0) is 38.3 Å². The topological polar surface area (TPSA) is 57.9 Å². The molecule has 0 bridgehead atoms. The van der Waals surface area contributed by atoms with Crippen LogP contribution in [0.2, 0.25) is 0 Å². The van der Waals surface area contributed by atoms with E-state index in [0.717, 1.165) is 11.3 Å². The summed E-state index contributed by atoms with van der Waals surface area (Å²) in [5.74, 6) is 0.678. The van der Waals surface area contributed by atoms with Gasteiger partial charge in [0.2, 0.25) is 0 Å². The first-order valence-corrected chi connectivity index (χ1v) is 7.44. The molecule has 1 fully saturated rings. The minimum absolute atomic E-state index is 0.424. The van der Waals surface area contributed by atoms with Gasteiger partial charge in [-0.25, -0.2) is 4.98 Å². The predicted molar refractivity (Wildman–Crippen MR) is 79.7 cm³/mol. The van der Waals surface area contributed by atoms with E-state index in [1.807, 2.05) is 19.9 Å². The Balaban J connectivity index is 1.83. The summed E-state index contributed by atoms with van der Waals surface area (Å²) in [6.07, 6.45) is 6.71. The molecule has 1 aromatic rings. The summed E-state index contributed by atoms with van der Waals surface area (Å²) >= 11 is 0. The molecule has 20 heavy (non-hydrogen) atoms. The van der Waals surface area contributed by atoms with Crippen molar-refractivity contribution >= 4 is 5.82 Å². The van der Waals surface area contributed by atoms with Gasteiger partial charge in [-0.2, -0.15) is 5.26 Å². The van der Waals surface area contributed by atoms with E-state index in [0.29, 0.717) is 30.6 Å². The van der Waals surface area contributed by atoms with Gasteiger partial charge in [-0.15, -0.1) is 0 Å². The molecule has 0 spiro atoms. The Bertz CT molecular complexity index is 487. The van der Waals surface area contributed by atoms with Crippen molar-refractivity contribution in [3.8, 4) is 6.07 Å². The molecule has 0 saturated heterocycles. The summed E-state index contributed by atoms with van der Waals surface area (Å²) in [5.41, 5.74) is 2.53. The Kier molecular flexibility index (Phi) is 5.37. The third-order valence-electron chi connectivity index (χ3n) is 3.76. The lowest BCUT2D eigenvalue weighted by Gasteiger charge is -2.22. The first kappa shape index (κ1) is 14.8. The zero-order chi connectivity index (χ0) is 14.4. The third kappa shape index (κ3) is 3.94. The number of rotatable bonds is 5. The van der Waals surface area contributed by atoms with Crippen LogP contribution in [0.1, 0.15) is 48.9 Å². The number of hydrogen-bond donors (Lipinski definition) is 1. The van der Waals surface area contributed by atoms with Crippen LogP contribution in [0.25, 0.3) is 0 Å². The van der Waals surface area contributed by atoms with Gasteiger partial charge in [-0.3, -0.25) is 0 Å². The highest BCUT2D eigenvalue weighted by Crippen LogP contribution is 2.20. The van der Waals surface area contributed by atoms with Crippen molar-refractivity contribution in [2.75, 3.05) is 18.5 Å². The van der Waals surface area contributed by atoms with Crippen LogP contribution in [0.4, 0.5) is 5.82 Å². The molecular weight excluding hydrogens is 250 g/mol. The molecule has 4 heteroatoms. The van der Waals surface area contributed by atoms with E-state index in [-0.39, 0.29) is 0 Å². The van der Waals surface area contributed by atoms with E-state index in [1.54, 1.807) is 0 Å². The highest BCUT2D eigenvalue weighted by molar-refractivity contribution is 5.56. The van der Waals surface area contributed by atoms with Gasteiger partial charge >= 0.3 is 0 Å². The average Bonchev–Trinajstić information content (AvgIpc) is 2.44. The van der Waals surface area contributed by atoms with Gasteiger partial charge in [0, 0.05) is 12.2 Å². The molecule has 1 heterocycles. The first-order chi connectivity index (χ1) is 9.70. The van der Waals surface area contributed by atoms with Crippen LogP contribution in [0.15, 0.2) is 6.07 Å². The molecule has 1 N–H and O–H groups in total. The number of nitriles is 1. The van der Waals surface area contributed by atoms with Gasteiger partial charge in [0.1, 0.15) is 11.9 Å². The number of aromatic nitrogens is 1. The van der Waals surface area contributed by atoms with Crippen LogP contribution in [-0.4, -0.2) is 24.2 Å². The second kappa shape index (κ2) is 7.25. The van der Waals surface area contributed by atoms with E-state index in [1.165, 1.54) is 32.1 Å². The number of ether oxygens (including phenoxy) is 1. The quantitative estimate of drug-likeness (QED) is 0.836. The van der Waals surface area contributed by atoms with Crippen molar-refractivity contribution in [2.24, 2.45) is 0 Å². The molecule has 1 aliphatic rings. The Hall–Kier alpha value is -1.60. The number of anilines is 1. The zero-order valence-corrected chi connectivity index (χ0v) is 12.4. The summed E-state index contributed by atoms with van der Waals surface area (Å²) in [4.78, 5) is 4.40. The van der Waals surface area contributed by atoms with Crippen LogP contribution in [0.5, 0.6) is 0 Å². The van der Waals surface area contributed by atoms with Crippen LogP contribution in [0, 0.1) is 25.2 Å². The zero-order valence-electron chi connectivity index (χ0n) is 12.4. The summed E-state index contributed by atoms with van der Waals surface area (Å²) in [6.45, 7) is 5.25. The summed E-state index contributed by atoms with van der Waals surface area (Å²) in [5, 5.41) is 12.4. The largest absolute Gasteiger partial charge is 0.376 e. The highest BCUT2D eigenvalue weighted by Gasteiger charge is 2.13. The maximum absolute atomic E-state index is 9.19. The smallest absolute Gasteiger partial charge is 0.144 e. The lowest BCUT2D eigenvalue weighted by Crippen LogP contribution is -2.21. The second-order valence-corrected chi connectivity index (χ2v) is 5.47. The maximum atomic E-state index is 9.19. The number of aryl methyl sites for hydroxylation is 2. The van der Waals surface area contributed by atoms with Crippen molar-refractivity contribution in [1.82, 2.24) is 4.98 Å². The third-order valence-corrected chi connectivity index (χ3v) is 3.76. The fourth-order valence-corrected chi connectivity index (χ4v) is 2.73. The van der Waals surface area contributed by atoms with Gasteiger partial charge in [0.25, 0.3) is 0 Å². The van der Waals surface area contributed by atoms with Crippen LogP contribution in [0.3, 0.4) is 0 Å². The first-order valence-electron chi connectivity index (χ1n) is 7.44. The molecule has 1 aliphatic carbocycles. The van der Waals surface area contributed by atoms with Gasteiger partial charge in [0.15, 0.2) is 0 Å². The molecule has 0 unspecified atom stereocenters. The minimum atomic E-state index is 0.424. The molecular formula is C16H23N3O. The normalized spacial score (nSPS) is 15.8. The molecule has 0 aromatic carbocycles. The predicted octanol–water partition coefficient (Wildman–Crippen LogP) is 3.33. The molecule has 0 amide bonds. The molecule has 2 rings (SSSR count). The van der Waals surface area contributed by atoms with Gasteiger partial charge in [-0.1, -0.05) is 19.3 Å². The van der Waals surface area contributed by atoms with Crippen molar-refractivity contribution in [2.45, 2.75) is 52.1 Å². The highest BCUT2D eigenvalue weighted by atomic mass is 16.5. The molecule has 1 saturated carbocycles. The SMILES string of the molecule is Cc1cc(C)c(C#N)c(NCCOC2CCCCC2)n1. The minimum Gasteiger partial charge on any atom is -0.376 e. The van der Waals surface area contributed by atoms with Crippen LogP contribution < -0.4 is 5.32 Å². The number of nitrogens with one attached hydrogen (secondary N) is 1. The lowest BCUT2D eigenvalue weighted by molar-refractivity contribution is 0.0347. The summed E-state index contributed by atoms with van der Waals surface area (Å²) in [6, 6.07) is 4.15. The fraction of sp³-hybridized carbons (Fsp3) is 0.625. The van der Waals surface area contributed by atoms with E-state index < -0.39 is 0 Å². The van der Waals surface area contributed by atoms with Gasteiger partial charge in [0.05, 0.1) is 18.3 Å². The summed E-state index contributed by atoms with van der Waals surface area (Å²) in [7, 11) is 0. The molecule has 1 aromatic heterocycles. The van der Waals surface area contributed by atoms with Crippen molar-refractivity contribution in [3.63, 3.8) is 0 Å². The summed E-state index contributed by atoms with van der Waals surface area (Å²) < 4.78 is 5.87. The van der Waals surface area contributed by atoms with Crippen molar-refractivity contribution in [1.29, 1.82) is 5.26 Å². The van der Waals surface area contributed by atoms with E-state index in [2.05, 4.69) is 16.4 Å². The van der Waals surface area contributed by atoms with Gasteiger partial charge < -0.3 is 10.1 Å². The van der Waals surface area contributed by atoms with E-state index in [9.17, 15) is 5.26 Å². The monoisotopic (exact) mass is 273 g/mol. The molecule has 108 valence electrons. The Morgan fingerprint density at radius 1 is 1.35 bits per heavy atom. The fourth-order valence-electron chi connectivity index (χ4n) is 2.73. The second-order valence-electron chi connectivity index (χ2n) is 5.47. The van der Waals surface area contributed by atoms with Crippen molar-refractivity contribution < 1.29 is 4.74 Å². The van der Waals surface area contributed by atoms with Crippen LogP contribution >= 0.6 is 0 Å². The Labute approximate surface area is 121 Å². The van der Waals surface area contributed by atoms with E-state index >= 15 is 0 Å². The van der Waals surface area contributed by atoms with Crippen molar-refractivity contribution in [3.05, 3.63) is 22.9 Å². The Morgan fingerprint density at radius 2 is 2.10 bits per heavy atom. The lowest BCUT2D eigenvalue weighted by atomic mass is 9.98.